The first kappa shape index (κ1) is 21.8. The number of fused-ring (bicyclic) bond motifs is 1. The maximum absolute atomic E-state index is 13.0. The number of rotatable bonds is 8. The number of hydrogen-bond donors (Lipinski definition) is 2. The molecule has 2 N–H and O–H groups in total. The van der Waals surface area contributed by atoms with Crippen LogP contribution in [0.4, 0.5) is 14.5 Å². The van der Waals surface area contributed by atoms with Gasteiger partial charge in [-0.15, -0.1) is 8.78 Å². The lowest BCUT2D eigenvalue weighted by molar-refractivity contribution is -0.286. The average molecular weight is 436 g/mol. The molecule has 2 aromatic carbocycles. The van der Waals surface area contributed by atoms with Crippen LogP contribution in [-0.4, -0.2) is 43.8 Å². The van der Waals surface area contributed by atoms with Crippen LogP contribution < -0.4 is 24.8 Å². The summed E-state index contributed by atoms with van der Waals surface area (Å²) in [6, 6.07) is 10.2. The van der Waals surface area contributed by atoms with E-state index in [1.54, 1.807) is 31.2 Å². The van der Waals surface area contributed by atoms with Gasteiger partial charge >= 0.3 is 12.3 Å². The predicted octanol–water partition coefficient (Wildman–Crippen LogP) is 2.32. The normalized spacial score (nSPS) is 13.3. The summed E-state index contributed by atoms with van der Waals surface area (Å²) in [5.41, 5.74) is 0.394. The molecule has 0 unspecified atom stereocenters. The highest BCUT2D eigenvalue weighted by atomic mass is 19.3. The summed E-state index contributed by atoms with van der Waals surface area (Å²) in [5, 5.41) is 4.75. The van der Waals surface area contributed by atoms with Gasteiger partial charge in [0.25, 0.3) is 11.8 Å². The monoisotopic (exact) mass is 436 g/mol. The fraction of sp³-hybridized carbons (Fsp3) is 0.250. The van der Waals surface area contributed by atoms with Crippen molar-refractivity contribution in [1.82, 2.24) is 5.32 Å². The lowest BCUT2D eigenvalue weighted by Crippen LogP contribution is -2.32. The number of ether oxygens (including phenoxy) is 4. The van der Waals surface area contributed by atoms with Crippen molar-refractivity contribution in [2.45, 2.75) is 13.2 Å². The molecule has 0 atom stereocenters. The Labute approximate surface area is 175 Å². The Morgan fingerprint density at radius 2 is 1.81 bits per heavy atom. The minimum Gasteiger partial charge on any atom is -0.493 e. The molecule has 0 fully saturated rings. The number of esters is 1. The summed E-state index contributed by atoms with van der Waals surface area (Å²) < 4.78 is 44.7. The third-order valence-corrected chi connectivity index (χ3v) is 3.87. The van der Waals surface area contributed by atoms with E-state index in [0.29, 0.717) is 12.4 Å². The Morgan fingerprint density at radius 3 is 2.58 bits per heavy atom. The van der Waals surface area contributed by atoms with E-state index in [1.165, 1.54) is 12.1 Å². The lowest BCUT2D eigenvalue weighted by Gasteiger charge is -2.10. The maximum Gasteiger partial charge on any atom is 0.586 e. The minimum atomic E-state index is -3.77. The molecule has 3 rings (SSSR count). The number of halogens is 2. The number of alkyl halides is 2. The molecule has 11 heteroatoms. The Balaban J connectivity index is 1.44. The third kappa shape index (κ3) is 5.81. The van der Waals surface area contributed by atoms with Gasteiger partial charge in [0.2, 0.25) is 0 Å². The topological polar surface area (TPSA) is 112 Å². The van der Waals surface area contributed by atoms with E-state index in [0.717, 1.165) is 6.07 Å². The van der Waals surface area contributed by atoms with Gasteiger partial charge in [0, 0.05) is 11.8 Å². The number of hydrogen-bond acceptors (Lipinski definition) is 7. The van der Waals surface area contributed by atoms with Gasteiger partial charge in [-0.1, -0.05) is 12.1 Å². The highest BCUT2D eigenvalue weighted by molar-refractivity contribution is 5.98. The van der Waals surface area contributed by atoms with Gasteiger partial charge in [0.05, 0.1) is 12.2 Å². The molecular formula is C20H18F2N2O7. The second-order valence-electron chi connectivity index (χ2n) is 6.15. The van der Waals surface area contributed by atoms with Crippen molar-refractivity contribution in [3.63, 3.8) is 0 Å². The number of carbonyl (C=O) groups excluding carboxylic acids is 3. The van der Waals surface area contributed by atoms with Crippen molar-refractivity contribution in [2.75, 3.05) is 25.1 Å². The van der Waals surface area contributed by atoms with Crippen LogP contribution in [0.1, 0.15) is 17.3 Å². The second-order valence-corrected chi connectivity index (χ2v) is 6.15. The molecule has 2 amide bonds. The zero-order valence-electron chi connectivity index (χ0n) is 16.3. The molecule has 0 saturated heterocycles. The zero-order valence-corrected chi connectivity index (χ0v) is 16.3. The molecule has 0 aromatic heterocycles. The van der Waals surface area contributed by atoms with E-state index in [4.69, 9.17) is 9.47 Å². The molecule has 1 aliphatic rings. The fourth-order valence-corrected chi connectivity index (χ4v) is 2.60. The van der Waals surface area contributed by atoms with E-state index in [1.807, 2.05) is 0 Å². The number of anilines is 1. The Bertz CT molecular complexity index is 997. The minimum absolute atomic E-state index is 0.141. The Kier molecular flexibility index (Phi) is 6.53. The van der Waals surface area contributed by atoms with Gasteiger partial charge in [0.15, 0.2) is 18.1 Å². The van der Waals surface area contributed by atoms with Gasteiger partial charge in [-0.3, -0.25) is 14.4 Å². The highest BCUT2D eigenvalue weighted by Crippen LogP contribution is 2.42. The van der Waals surface area contributed by atoms with Crippen molar-refractivity contribution < 1.29 is 42.1 Å². The molecule has 31 heavy (non-hydrogen) atoms. The summed E-state index contributed by atoms with van der Waals surface area (Å²) in [6.45, 7) is 1.03. The molecule has 0 saturated carbocycles. The molecule has 0 radical (unpaired) electrons. The number of amides is 2. The molecule has 0 bridgehead atoms. The van der Waals surface area contributed by atoms with E-state index in [9.17, 15) is 23.2 Å². The summed E-state index contributed by atoms with van der Waals surface area (Å²) in [7, 11) is 0. The molecule has 9 nitrogen and oxygen atoms in total. The average Bonchev–Trinajstić information content (AvgIpc) is 3.04. The van der Waals surface area contributed by atoms with E-state index < -0.39 is 37.2 Å². The summed E-state index contributed by atoms with van der Waals surface area (Å²) >= 11 is 0. The maximum atomic E-state index is 13.0. The Hall–Kier alpha value is -3.89. The smallest absolute Gasteiger partial charge is 0.493 e. The van der Waals surface area contributed by atoms with Crippen molar-refractivity contribution in [3.8, 4) is 17.2 Å². The lowest BCUT2D eigenvalue weighted by atomic mass is 10.2. The molecular weight excluding hydrogens is 418 g/mol. The Morgan fingerprint density at radius 1 is 1.06 bits per heavy atom. The molecule has 0 spiro atoms. The first-order chi connectivity index (χ1) is 14.8. The SMILES string of the molecule is CCOc1ccccc1C(=O)NCC(=O)OCC(=O)Nc1ccc2c(c1)OC(F)(F)O2. The third-order valence-electron chi connectivity index (χ3n) is 3.87. The van der Waals surface area contributed by atoms with Crippen molar-refractivity contribution in [3.05, 3.63) is 48.0 Å². The fourth-order valence-electron chi connectivity index (χ4n) is 2.60. The van der Waals surface area contributed by atoms with Crippen LogP contribution in [0.5, 0.6) is 17.2 Å². The van der Waals surface area contributed by atoms with Crippen LogP contribution in [0.25, 0.3) is 0 Å². The van der Waals surface area contributed by atoms with Crippen LogP contribution >= 0.6 is 0 Å². The van der Waals surface area contributed by atoms with E-state index in [-0.39, 0.29) is 22.7 Å². The molecule has 0 aliphatic carbocycles. The van der Waals surface area contributed by atoms with Gasteiger partial charge in [-0.05, 0) is 31.2 Å². The first-order valence-electron chi connectivity index (χ1n) is 9.13. The number of benzene rings is 2. The van der Waals surface area contributed by atoms with Gasteiger partial charge in [-0.25, -0.2) is 0 Å². The van der Waals surface area contributed by atoms with Crippen LogP contribution in [0, 0.1) is 0 Å². The van der Waals surface area contributed by atoms with Crippen LogP contribution in [0.2, 0.25) is 0 Å². The molecule has 1 heterocycles. The van der Waals surface area contributed by atoms with E-state index in [2.05, 4.69) is 20.1 Å². The van der Waals surface area contributed by atoms with Gasteiger partial charge < -0.3 is 29.6 Å². The van der Waals surface area contributed by atoms with Crippen molar-refractivity contribution in [1.29, 1.82) is 0 Å². The van der Waals surface area contributed by atoms with Gasteiger partial charge in [-0.2, -0.15) is 0 Å². The number of nitrogens with one attached hydrogen (secondary N) is 2. The largest absolute Gasteiger partial charge is 0.586 e. The van der Waals surface area contributed by atoms with Gasteiger partial charge in [0.1, 0.15) is 12.3 Å². The quantitative estimate of drug-likeness (QED) is 0.611. The molecule has 2 aromatic rings. The molecule has 164 valence electrons. The zero-order chi connectivity index (χ0) is 22.4. The van der Waals surface area contributed by atoms with Crippen LogP contribution in [0.3, 0.4) is 0 Å². The standard InChI is InChI=1S/C20H18F2N2O7/c1-2-28-14-6-4-3-5-13(14)19(27)23-10-18(26)29-11-17(25)24-12-7-8-15-16(9-12)31-20(21,22)30-15/h3-9H,2,10-11H2,1H3,(H,23,27)(H,24,25). The molecule has 1 aliphatic heterocycles. The van der Waals surface area contributed by atoms with Crippen molar-refractivity contribution >= 4 is 23.5 Å². The van der Waals surface area contributed by atoms with Crippen molar-refractivity contribution in [2.24, 2.45) is 0 Å². The van der Waals surface area contributed by atoms with E-state index >= 15 is 0 Å². The second kappa shape index (κ2) is 9.28. The number of para-hydroxylation sites is 1. The highest BCUT2D eigenvalue weighted by Gasteiger charge is 2.43. The number of carbonyl (C=O) groups is 3. The summed E-state index contributed by atoms with van der Waals surface area (Å²) in [4.78, 5) is 35.9. The predicted molar refractivity (Wildman–Crippen MR) is 102 cm³/mol. The first-order valence-corrected chi connectivity index (χ1v) is 9.13. The summed E-state index contributed by atoms with van der Waals surface area (Å²) in [6.07, 6.45) is -3.77. The van der Waals surface area contributed by atoms with Crippen LogP contribution in [0.15, 0.2) is 42.5 Å². The summed E-state index contributed by atoms with van der Waals surface area (Å²) in [5.74, 6) is -2.14. The van der Waals surface area contributed by atoms with Crippen LogP contribution in [-0.2, 0) is 14.3 Å².